The number of rotatable bonds is 2. The Hall–Kier alpha value is 0.140. The molecule has 1 heterocycles. The van der Waals surface area contributed by atoms with Crippen molar-refractivity contribution in [3.63, 3.8) is 0 Å². The summed E-state index contributed by atoms with van der Waals surface area (Å²) in [6.07, 6.45) is 0.488. The van der Waals surface area contributed by atoms with E-state index in [2.05, 4.69) is 15.9 Å². The van der Waals surface area contributed by atoms with Crippen LogP contribution < -0.4 is 0 Å². The Bertz CT molecular complexity index is 244. The number of aliphatic hydroxyl groups is 1. The third-order valence-electron chi connectivity index (χ3n) is 1.67. The van der Waals surface area contributed by atoms with Gasteiger partial charge in [-0.1, -0.05) is 6.92 Å². The molecule has 0 radical (unpaired) electrons. The summed E-state index contributed by atoms with van der Waals surface area (Å²) in [5.74, 6) is 0. The fourth-order valence-corrected chi connectivity index (χ4v) is 2.78. The maximum Gasteiger partial charge on any atom is 0.0798 e. The van der Waals surface area contributed by atoms with Gasteiger partial charge in [-0.3, -0.25) is 0 Å². The van der Waals surface area contributed by atoms with Crippen LogP contribution in [-0.2, 0) is 0 Å². The molecule has 0 amide bonds. The van der Waals surface area contributed by atoms with Crippen LogP contribution in [0.15, 0.2) is 9.85 Å². The fourth-order valence-electron chi connectivity index (χ4n) is 1.01. The van der Waals surface area contributed by atoms with Crippen LogP contribution in [0.5, 0.6) is 0 Å². The molecule has 1 atom stereocenters. The maximum absolute atomic E-state index is 9.51. The summed E-state index contributed by atoms with van der Waals surface area (Å²) in [6.45, 7) is 4.01. The van der Waals surface area contributed by atoms with E-state index >= 15 is 0 Å². The molecule has 0 aliphatic heterocycles. The van der Waals surface area contributed by atoms with Crippen molar-refractivity contribution in [3.05, 3.63) is 20.3 Å². The molecule has 1 aromatic heterocycles. The van der Waals surface area contributed by atoms with Gasteiger partial charge in [-0.05, 0) is 40.9 Å². The minimum Gasteiger partial charge on any atom is -0.388 e. The molecule has 0 aliphatic carbocycles. The van der Waals surface area contributed by atoms with Crippen LogP contribution in [0.4, 0.5) is 0 Å². The molecule has 1 nitrogen and oxygen atoms in total. The Labute approximate surface area is 79.2 Å². The van der Waals surface area contributed by atoms with Crippen molar-refractivity contribution >= 4 is 27.3 Å². The molecule has 1 N–H and O–H groups in total. The van der Waals surface area contributed by atoms with Gasteiger partial charge in [0.25, 0.3) is 0 Å². The fraction of sp³-hybridized carbons (Fsp3) is 0.500. The predicted molar refractivity (Wildman–Crippen MR) is 52.0 cm³/mol. The van der Waals surface area contributed by atoms with Crippen LogP contribution >= 0.6 is 27.3 Å². The highest BCUT2D eigenvalue weighted by Crippen LogP contribution is 2.31. The zero-order valence-electron chi connectivity index (χ0n) is 6.60. The Kier molecular flexibility index (Phi) is 3.10. The second-order valence-corrected chi connectivity index (χ2v) is 5.12. The first-order chi connectivity index (χ1) is 5.15. The molecule has 0 bridgehead atoms. The van der Waals surface area contributed by atoms with Crippen molar-refractivity contribution in [1.29, 1.82) is 0 Å². The van der Waals surface area contributed by atoms with Crippen LogP contribution in [0, 0.1) is 6.92 Å². The predicted octanol–water partition coefficient (Wildman–Crippen LogP) is 3.26. The summed E-state index contributed by atoms with van der Waals surface area (Å²) >= 11 is 5.06. The van der Waals surface area contributed by atoms with Crippen LogP contribution in [0.2, 0.25) is 0 Å². The average Bonchev–Trinajstić information content (AvgIpc) is 2.28. The average molecular weight is 235 g/mol. The van der Waals surface area contributed by atoms with Gasteiger partial charge in [0.15, 0.2) is 0 Å². The third-order valence-corrected chi connectivity index (χ3v) is 3.24. The maximum atomic E-state index is 9.51. The Balaban J connectivity index is 2.93. The highest BCUT2D eigenvalue weighted by atomic mass is 79.9. The summed E-state index contributed by atoms with van der Waals surface area (Å²) in [5, 5.41) is 9.51. The van der Waals surface area contributed by atoms with E-state index in [0.29, 0.717) is 0 Å². The second-order valence-electron chi connectivity index (χ2n) is 2.49. The zero-order valence-corrected chi connectivity index (χ0v) is 9.00. The van der Waals surface area contributed by atoms with E-state index in [0.717, 1.165) is 15.8 Å². The minimum atomic E-state index is -0.294. The van der Waals surface area contributed by atoms with Crippen LogP contribution in [0.25, 0.3) is 0 Å². The number of aliphatic hydroxyl groups excluding tert-OH is 1. The molecular formula is C8H11BrOS. The van der Waals surface area contributed by atoms with E-state index in [4.69, 9.17) is 0 Å². The summed E-state index contributed by atoms with van der Waals surface area (Å²) in [4.78, 5) is 1.20. The van der Waals surface area contributed by atoms with Gasteiger partial charge in [-0.25, -0.2) is 0 Å². The van der Waals surface area contributed by atoms with Crippen molar-refractivity contribution in [3.8, 4) is 0 Å². The molecule has 0 saturated carbocycles. The summed E-state index contributed by atoms with van der Waals surface area (Å²) in [6, 6.07) is 1.99. The number of hydrogen-bond acceptors (Lipinski definition) is 2. The molecule has 0 aromatic carbocycles. The highest BCUT2D eigenvalue weighted by molar-refractivity contribution is 9.11. The Morgan fingerprint density at radius 3 is 2.73 bits per heavy atom. The number of halogens is 1. The van der Waals surface area contributed by atoms with Crippen LogP contribution in [-0.4, -0.2) is 5.11 Å². The molecule has 1 aromatic rings. The lowest BCUT2D eigenvalue weighted by molar-refractivity contribution is 0.173. The summed E-state index contributed by atoms with van der Waals surface area (Å²) < 4.78 is 1.09. The van der Waals surface area contributed by atoms with Crippen molar-refractivity contribution in [2.75, 3.05) is 0 Å². The van der Waals surface area contributed by atoms with Gasteiger partial charge in [0.05, 0.1) is 9.89 Å². The number of aryl methyl sites for hydroxylation is 1. The molecule has 0 spiro atoms. The first kappa shape index (κ1) is 9.23. The molecule has 1 rings (SSSR count). The molecule has 0 aliphatic rings. The van der Waals surface area contributed by atoms with Gasteiger partial charge in [-0.2, -0.15) is 0 Å². The van der Waals surface area contributed by atoms with Crippen LogP contribution in [0.1, 0.15) is 29.9 Å². The van der Waals surface area contributed by atoms with Crippen LogP contribution in [0.3, 0.4) is 0 Å². The van der Waals surface area contributed by atoms with Crippen molar-refractivity contribution < 1.29 is 5.11 Å². The SMILES string of the molecule is CCC(O)c1cc(Br)sc1C. The minimum absolute atomic E-state index is 0.294. The zero-order chi connectivity index (χ0) is 8.43. The lowest BCUT2D eigenvalue weighted by atomic mass is 10.1. The van der Waals surface area contributed by atoms with E-state index < -0.39 is 0 Å². The van der Waals surface area contributed by atoms with Gasteiger partial charge in [0.2, 0.25) is 0 Å². The van der Waals surface area contributed by atoms with E-state index in [1.54, 1.807) is 11.3 Å². The monoisotopic (exact) mass is 234 g/mol. The number of thiophene rings is 1. The van der Waals surface area contributed by atoms with E-state index in [-0.39, 0.29) is 6.10 Å². The molecule has 0 saturated heterocycles. The van der Waals surface area contributed by atoms with E-state index in [1.807, 2.05) is 19.9 Å². The van der Waals surface area contributed by atoms with Gasteiger partial charge < -0.3 is 5.11 Å². The quantitative estimate of drug-likeness (QED) is 0.834. The van der Waals surface area contributed by atoms with E-state index in [1.165, 1.54) is 4.88 Å². The number of hydrogen-bond donors (Lipinski definition) is 1. The molecule has 62 valence electrons. The molecule has 11 heavy (non-hydrogen) atoms. The Morgan fingerprint density at radius 1 is 1.73 bits per heavy atom. The van der Waals surface area contributed by atoms with Crippen molar-refractivity contribution in [1.82, 2.24) is 0 Å². The Morgan fingerprint density at radius 2 is 2.36 bits per heavy atom. The van der Waals surface area contributed by atoms with E-state index in [9.17, 15) is 5.11 Å². The van der Waals surface area contributed by atoms with Crippen molar-refractivity contribution in [2.45, 2.75) is 26.4 Å². The lowest BCUT2D eigenvalue weighted by Crippen LogP contribution is -1.93. The third kappa shape index (κ3) is 2.04. The van der Waals surface area contributed by atoms with Gasteiger partial charge in [-0.15, -0.1) is 11.3 Å². The summed E-state index contributed by atoms with van der Waals surface area (Å²) in [5.41, 5.74) is 1.06. The second kappa shape index (κ2) is 3.70. The smallest absolute Gasteiger partial charge is 0.0798 e. The first-order valence-corrected chi connectivity index (χ1v) is 5.20. The molecule has 1 unspecified atom stereocenters. The lowest BCUT2D eigenvalue weighted by Gasteiger charge is -2.05. The van der Waals surface area contributed by atoms with Gasteiger partial charge in [0.1, 0.15) is 0 Å². The molecule has 0 fully saturated rings. The summed E-state index contributed by atoms with van der Waals surface area (Å²) in [7, 11) is 0. The normalized spacial score (nSPS) is 13.5. The topological polar surface area (TPSA) is 20.2 Å². The standard InChI is InChI=1S/C8H11BrOS/c1-3-7(10)6-4-8(9)11-5(6)2/h4,7,10H,3H2,1-2H3. The van der Waals surface area contributed by atoms with Gasteiger partial charge >= 0.3 is 0 Å². The molecule has 3 heteroatoms. The van der Waals surface area contributed by atoms with Crippen molar-refractivity contribution in [2.24, 2.45) is 0 Å². The highest BCUT2D eigenvalue weighted by Gasteiger charge is 2.10. The first-order valence-electron chi connectivity index (χ1n) is 3.59. The van der Waals surface area contributed by atoms with Gasteiger partial charge in [0, 0.05) is 4.88 Å². The largest absolute Gasteiger partial charge is 0.388 e. The molecular weight excluding hydrogens is 224 g/mol.